The van der Waals surface area contributed by atoms with Gasteiger partial charge in [0, 0.05) is 12.6 Å². The summed E-state index contributed by atoms with van der Waals surface area (Å²) in [6.45, 7) is 0.782. The van der Waals surface area contributed by atoms with Crippen LogP contribution in [-0.2, 0) is 0 Å². The Balaban J connectivity index is 1.85. The van der Waals surface area contributed by atoms with Gasteiger partial charge in [0.15, 0.2) is 0 Å². The highest BCUT2D eigenvalue weighted by atomic mass is 16.6. The monoisotopic (exact) mass is 308 g/mol. The average Bonchev–Trinajstić information content (AvgIpc) is 3.19. The summed E-state index contributed by atoms with van der Waals surface area (Å²) >= 11 is 0. The van der Waals surface area contributed by atoms with Crippen molar-refractivity contribution in [2.24, 2.45) is 0 Å². The zero-order valence-corrected chi connectivity index (χ0v) is 12.5. The summed E-state index contributed by atoms with van der Waals surface area (Å²) < 4.78 is 1.55. The molecule has 2 aromatic heterocycles. The normalized spacial score (nSPS) is 17.7. The number of hydrogen-bond acceptors (Lipinski definition) is 4. The number of imidazole rings is 1. The summed E-state index contributed by atoms with van der Waals surface area (Å²) in [5.41, 5.74) is 1.78. The first kappa shape index (κ1) is 13.8. The van der Waals surface area contributed by atoms with E-state index in [0.717, 1.165) is 19.4 Å². The molecule has 1 saturated heterocycles. The molecule has 1 atom stereocenters. The molecule has 0 spiro atoms. The quantitative estimate of drug-likeness (QED) is 0.548. The number of hydrogen-bond donors (Lipinski definition) is 0. The number of nitro groups is 1. The second-order valence-corrected chi connectivity index (χ2v) is 5.71. The van der Waals surface area contributed by atoms with Crippen molar-refractivity contribution >= 4 is 17.3 Å². The van der Waals surface area contributed by atoms with Gasteiger partial charge in [-0.05, 0) is 29.4 Å². The van der Waals surface area contributed by atoms with E-state index in [2.05, 4.69) is 22.0 Å². The smallest absolute Gasteiger partial charge is 0.358 e. The first-order valence-corrected chi connectivity index (χ1v) is 7.69. The lowest BCUT2D eigenvalue weighted by molar-refractivity contribution is -0.389. The molecule has 0 aliphatic carbocycles. The molecule has 1 aromatic carbocycles. The first-order valence-electron chi connectivity index (χ1n) is 7.69. The molecule has 1 aliphatic rings. The van der Waals surface area contributed by atoms with Crippen molar-refractivity contribution in [3.05, 3.63) is 70.4 Å². The van der Waals surface area contributed by atoms with E-state index in [1.165, 1.54) is 5.56 Å². The highest BCUT2D eigenvalue weighted by molar-refractivity contribution is 5.64. The van der Waals surface area contributed by atoms with Crippen molar-refractivity contribution in [3.8, 4) is 0 Å². The molecular weight excluding hydrogens is 292 g/mol. The summed E-state index contributed by atoms with van der Waals surface area (Å²) in [6.07, 6.45) is 3.68. The molecule has 1 fully saturated rings. The van der Waals surface area contributed by atoms with Crippen molar-refractivity contribution < 1.29 is 4.92 Å². The van der Waals surface area contributed by atoms with Gasteiger partial charge in [-0.25, -0.2) is 0 Å². The maximum atomic E-state index is 11.6. The maximum Gasteiger partial charge on any atom is 0.372 e. The van der Waals surface area contributed by atoms with Crippen LogP contribution >= 0.6 is 0 Å². The van der Waals surface area contributed by atoms with E-state index in [-0.39, 0.29) is 16.8 Å². The van der Waals surface area contributed by atoms with E-state index in [0.29, 0.717) is 11.5 Å². The van der Waals surface area contributed by atoms with Crippen LogP contribution in [-0.4, -0.2) is 20.9 Å². The van der Waals surface area contributed by atoms with Crippen molar-refractivity contribution in [3.63, 3.8) is 0 Å². The SMILES string of the molecule is O=[N+]([O-])c1c(N2CCC[C@H]2c2ccccc2)nc2ccccn12. The number of benzene rings is 1. The second kappa shape index (κ2) is 5.39. The Morgan fingerprint density at radius 2 is 1.91 bits per heavy atom. The van der Waals surface area contributed by atoms with Gasteiger partial charge in [0.1, 0.15) is 0 Å². The fourth-order valence-corrected chi connectivity index (χ4v) is 3.37. The topological polar surface area (TPSA) is 63.7 Å². The third kappa shape index (κ3) is 2.23. The van der Waals surface area contributed by atoms with Crippen LogP contribution in [0.2, 0.25) is 0 Å². The Hall–Kier alpha value is -2.89. The Morgan fingerprint density at radius 3 is 2.70 bits per heavy atom. The van der Waals surface area contributed by atoms with Crippen molar-refractivity contribution in [2.75, 3.05) is 11.4 Å². The van der Waals surface area contributed by atoms with Gasteiger partial charge in [0.2, 0.25) is 11.5 Å². The Bertz CT molecular complexity index is 859. The van der Waals surface area contributed by atoms with Crippen LogP contribution in [0.1, 0.15) is 24.4 Å². The first-order chi connectivity index (χ1) is 11.3. The van der Waals surface area contributed by atoms with Gasteiger partial charge < -0.3 is 15.0 Å². The minimum Gasteiger partial charge on any atom is -0.358 e. The van der Waals surface area contributed by atoms with Gasteiger partial charge in [-0.15, -0.1) is 0 Å². The Labute approximate surface area is 133 Å². The molecule has 0 saturated carbocycles. The van der Waals surface area contributed by atoms with E-state index in [4.69, 9.17) is 0 Å². The largest absolute Gasteiger partial charge is 0.372 e. The third-order valence-corrected chi connectivity index (χ3v) is 4.37. The Morgan fingerprint density at radius 1 is 1.13 bits per heavy atom. The maximum absolute atomic E-state index is 11.6. The number of rotatable bonds is 3. The Kier molecular flexibility index (Phi) is 3.22. The highest BCUT2D eigenvalue weighted by Gasteiger charge is 2.34. The van der Waals surface area contributed by atoms with Crippen LogP contribution < -0.4 is 4.90 Å². The van der Waals surface area contributed by atoms with Gasteiger partial charge in [-0.3, -0.25) is 0 Å². The lowest BCUT2D eigenvalue weighted by Gasteiger charge is -2.24. The van der Waals surface area contributed by atoms with Crippen LogP contribution in [0.15, 0.2) is 54.7 Å². The van der Waals surface area contributed by atoms with Gasteiger partial charge in [0.05, 0.1) is 12.2 Å². The second-order valence-electron chi connectivity index (χ2n) is 5.71. The molecule has 0 radical (unpaired) electrons. The standard InChI is InChI=1S/C17H16N4O2/c22-21(23)17-16(18-15-10-4-5-11-20(15)17)19-12-6-9-14(19)13-7-2-1-3-8-13/h1-5,7-8,10-11,14H,6,9,12H2/t14-/m0/s1. The van der Waals surface area contributed by atoms with E-state index in [9.17, 15) is 10.1 Å². The van der Waals surface area contributed by atoms with Crippen LogP contribution in [0.3, 0.4) is 0 Å². The lowest BCUT2D eigenvalue weighted by atomic mass is 10.0. The highest BCUT2D eigenvalue weighted by Crippen LogP contribution is 2.40. The van der Waals surface area contributed by atoms with E-state index in [1.807, 2.05) is 24.3 Å². The van der Waals surface area contributed by atoms with Crippen LogP contribution in [0.5, 0.6) is 0 Å². The minimum atomic E-state index is -0.338. The molecular formula is C17H16N4O2. The number of aromatic nitrogens is 2. The zero-order chi connectivity index (χ0) is 15.8. The number of anilines is 1. The molecule has 0 N–H and O–H groups in total. The summed E-state index contributed by atoms with van der Waals surface area (Å²) in [7, 11) is 0. The van der Waals surface area contributed by atoms with Gasteiger partial charge >= 0.3 is 5.82 Å². The number of pyridine rings is 1. The van der Waals surface area contributed by atoms with E-state index < -0.39 is 0 Å². The van der Waals surface area contributed by atoms with Gasteiger partial charge in [-0.2, -0.15) is 9.38 Å². The molecule has 6 heteroatoms. The molecule has 1 aliphatic heterocycles. The number of fused-ring (bicyclic) bond motifs is 1. The summed E-state index contributed by atoms with van der Waals surface area (Å²) in [5.74, 6) is 0.510. The van der Waals surface area contributed by atoms with Crippen molar-refractivity contribution in [1.82, 2.24) is 9.38 Å². The molecule has 3 aromatic rings. The molecule has 116 valence electrons. The molecule has 23 heavy (non-hydrogen) atoms. The minimum absolute atomic E-state index is 0.0448. The summed E-state index contributed by atoms with van der Waals surface area (Å²) in [4.78, 5) is 17.9. The lowest BCUT2D eigenvalue weighted by Crippen LogP contribution is -2.23. The van der Waals surface area contributed by atoms with Crippen LogP contribution in [0.4, 0.5) is 11.6 Å². The molecule has 0 unspecified atom stereocenters. The van der Waals surface area contributed by atoms with Crippen molar-refractivity contribution in [1.29, 1.82) is 0 Å². The number of nitrogens with zero attached hydrogens (tertiary/aromatic N) is 4. The average molecular weight is 308 g/mol. The summed E-state index contributed by atoms with van der Waals surface area (Å²) in [6, 6.07) is 15.7. The van der Waals surface area contributed by atoms with Crippen LogP contribution in [0, 0.1) is 10.1 Å². The predicted octanol–water partition coefficient (Wildman–Crippen LogP) is 3.58. The molecule has 0 bridgehead atoms. The van der Waals surface area contributed by atoms with E-state index >= 15 is 0 Å². The van der Waals surface area contributed by atoms with Gasteiger partial charge in [0.25, 0.3) is 0 Å². The zero-order valence-electron chi connectivity index (χ0n) is 12.5. The van der Waals surface area contributed by atoms with Crippen LogP contribution in [0.25, 0.3) is 5.65 Å². The third-order valence-electron chi connectivity index (χ3n) is 4.37. The molecule has 6 nitrogen and oxygen atoms in total. The fraction of sp³-hybridized carbons (Fsp3) is 0.235. The molecule has 4 rings (SSSR count). The molecule has 3 heterocycles. The van der Waals surface area contributed by atoms with Gasteiger partial charge in [-0.1, -0.05) is 36.4 Å². The summed E-state index contributed by atoms with van der Waals surface area (Å²) in [5, 5.41) is 11.6. The molecule has 0 amide bonds. The van der Waals surface area contributed by atoms with E-state index in [1.54, 1.807) is 22.7 Å². The predicted molar refractivity (Wildman–Crippen MR) is 87.6 cm³/mol. The fourth-order valence-electron chi connectivity index (χ4n) is 3.37. The van der Waals surface area contributed by atoms with Crippen molar-refractivity contribution in [2.45, 2.75) is 18.9 Å².